The summed E-state index contributed by atoms with van der Waals surface area (Å²) in [7, 11) is 1.42. The first kappa shape index (κ1) is 15.0. The Morgan fingerprint density at radius 3 is 2.56 bits per heavy atom. The van der Waals surface area contributed by atoms with Crippen molar-refractivity contribution in [3.63, 3.8) is 0 Å². The van der Waals surface area contributed by atoms with Gasteiger partial charge in [0, 0.05) is 0 Å². The van der Waals surface area contributed by atoms with Gasteiger partial charge in [0.05, 0.1) is 19.6 Å². The van der Waals surface area contributed by atoms with Crippen molar-refractivity contribution < 1.29 is 17.6 Å². The molecule has 0 atom stereocenters. The van der Waals surface area contributed by atoms with Crippen LogP contribution in [0.4, 0.5) is 13.2 Å². The summed E-state index contributed by atoms with van der Waals surface area (Å²) in [5, 5.41) is 3.17. The van der Waals surface area contributed by atoms with Crippen LogP contribution in [0, 0.1) is 0 Å². The first-order chi connectivity index (χ1) is 8.40. The zero-order valence-electron chi connectivity index (χ0n) is 10.7. The van der Waals surface area contributed by atoms with Crippen molar-refractivity contribution in [2.75, 3.05) is 20.1 Å². The van der Waals surface area contributed by atoms with Crippen molar-refractivity contribution in [2.24, 2.45) is 0 Å². The predicted octanol–water partition coefficient (Wildman–Crippen LogP) is 2.77. The summed E-state index contributed by atoms with van der Waals surface area (Å²) in [4.78, 5) is 1.18. The molecule has 6 heteroatoms. The maximum atomic E-state index is 12.1. The molecule has 0 aliphatic heterocycles. The molecule has 0 radical (unpaired) electrons. The molecule has 18 heavy (non-hydrogen) atoms. The van der Waals surface area contributed by atoms with Crippen molar-refractivity contribution in [2.45, 2.75) is 32.6 Å². The van der Waals surface area contributed by atoms with Crippen LogP contribution in [0.3, 0.4) is 0 Å². The van der Waals surface area contributed by atoms with E-state index < -0.39 is 12.7 Å². The maximum Gasteiger partial charge on any atom is 0.401 e. The highest BCUT2D eigenvalue weighted by Crippen LogP contribution is 2.17. The quantitative estimate of drug-likeness (QED) is 0.768. The van der Waals surface area contributed by atoms with Crippen molar-refractivity contribution >= 4 is 0 Å². The Kier molecular flexibility index (Phi) is 5.68. The number of halogens is 3. The number of furan rings is 1. The van der Waals surface area contributed by atoms with E-state index in [1.54, 1.807) is 12.1 Å². The summed E-state index contributed by atoms with van der Waals surface area (Å²) >= 11 is 0. The van der Waals surface area contributed by atoms with Crippen LogP contribution in [0.2, 0.25) is 0 Å². The number of alkyl halides is 3. The van der Waals surface area contributed by atoms with Gasteiger partial charge in [-0.2, -0.15) is 13.2 Å². The van der Waals surface area contributed by atoms with Crippen LogP contribution >= 0.6 is 0 Å². The van der Waals surface area contributed by atoms with Crippen molar-refractivity contribution in [3.05, 3.63) is 23.7 Å². The minimum Gasteiger partial charge on any atom is -0.463 e. The molecule has 0 bridgehead atoms. The van der Waals surface area contributed by atoms with Crippen LogP contribution in [0.15, 0.2) is 16.5 Å². The van der Waals surface area contributed by atoms with Crippen molar-refractivity contribution in [3.8, 4) is 0 Å². The Labute approximate surface area is 105 Å². The van der Waals surface area contributed by atoms with Gasteiger partial charge in [-0.3, -0.25) is 4.90 Å². The minimum absolute atomic E-state index is 0.160. The molecule has 0 saturated heterocycles. The van der Waals surface area contributed by atoms with Crippen LogP contribution in [-0.2, 0) is 13.1 Å². The molecule has 0 aliphatic rings. The van der Waals surface area contributed by atoms with E-state index in [9.17, 15) is 13.2 Å². The number of nitrogens with one attached hydrogen (secondary N) is 1. The van der Waals surface area contributed by atoms with Crippen LogP contribution in [-0.4, -0.2) is 31.2 Å². The Morgan fingerprint density at radius 2 is 1.94 bits per heavy atom. The van der Waals surface area contributed by atoms with E-state index >= 15 is 0 Å². The fourth-order valence-electron chi connectivity index (χ4n) is 1.62. The smallest absolute Gasteiger partial charge is 0.401 e. The summed E-state index contributed by atoms with van der Waals surface area (Å²) in [6.45, 7) is 2.79. The minimum atomic E-state index is -4.17. The maximum absolute atomic E-state index is 12.1. The average Bonchev–Trinajstić information content (AvgIpc) is 2.63. The fraction of sp³-hybridized carbons (Fsp3) is 0.667. The van der Waals surface area contributed by atoms with E-state index in [1.165, 1.54) is 11.9 Å². The van der Waals surface area contributed by atoms with Gasteiger partial charge >= 0.3 is 6.18 Å². The highest BCUT2D eigenvalue weighted by molar-refractivity contribution is 5.07. The third kappa shape index (κ3) is 6.07. The first-order valence-electron chi connectivity index (χ1n) is 5.94. The molecule has 3 nitrogen and oxygen atoms in total. The van der Waals surface area contributed by atoms with E-state index in [4.69, 9.17) is 4.42 Å². The lowest BCUT2D eigenvalue weighted by atomic mass is 10.4. The lowest BCUT2D eigenvalue weighted by Gasteiger charge is -2.16. The lowest BCUT2D eigenvalue weighted by Crippen LogP contribution is -2.30. The van der Waals surface area contributed by atoms with E-state index in [1.807, 2.05) is 0 Å². The molecule has 0 aromatic carbocycles. The van der Waals surface area contributed by atoms with E-state index in [-0.39, 0.29) is 6.54 Å². The van der Waals surface area contributed by atoms with E-state index in [0.29, 0.717) is 12.3 Å². The summed E-state index contributed by atoms with van der Waals surface area (Å²) in [5.41, 5.74) is 0. The van der Waals surface area contributed by atoms with Gasteiger partial charge in [-0.05, 0) is 32.1 Å². The Balaban J connectivity index is 2.38. The summed E-state index contributed by atoms with van der Waals surface area (Å²) in [5.74, 6) is 1.30. The molecular formula is C12H19F3N2O. The third-order valence-electron chi connectivity index (χ3n) is 2.32. The molecule has 0 spiro atoms. The fourth-order valence-corrected chi connectivity index (χ4v) is 1.62. The van der Waals surface area contributed by atoms with E-state index in [0.717, 1.165) is 18.7 Å². The Hall–Kier alpha value is -1.01. The molecule has 0 saturated carbocycles. The number of hydrogen-bond donors (Lipinski definition) is 1. The molecule has 0 aliphatic carbocycles. The highest BCUT2D eigenvalue weighted by atomic mass is 19.4. The van der Waals surface area contributed by atoms with Gasteiger partial charge in [0.15, 0.2) is 0 Å². The van der Waals surface area contributed by atoms with Gasteiger partial charge in [0.1, 0.15) is 11.5 Å². The van der Waals surface area contributed by atoms with Crippen LogP contribution in [0.5, 0.6) is 0 Å². The Morgan fingerprint density at radius 1 is 1.28 bits per heavy atom. The van der Waals surface area contributed by atoms with Gasteiger partial charge in [-0.1, -0.05) is 6.92 Å². The zero-order valence-corrected chi connectivity index (χ0v) is 10.7. The Bertz CT molecular complexity index is 349. The normalized spacial score (nSPS) is 12.3. The SMILES string of the molecule is CCCNCc1ccc(CN(C)CC(F)(F)F)o1. The largest absolute Gasteiger partial charge is 0.463 e. The summed E-state index contributed by atoms with van der Waals surface area (Å²) < 4.78 is 41.9. The van der Waals surface area contributed by atoms with Gasteiger partial charge in [0.2, 0.25) is 0 Å². The number of rotatable bonds is 7. The standard InChI is InChI=1S/C12H19F3N2O/c1-3-6-16-7-10-4-5-11(18-10)8-17(2)9-12(13,14)15/h4-5,16H,3,6-9H2,1-2H3. The van der Waals surface area contributed by atoms with E-state index in [2.05, 4.69) is 12.2 Å². The van der Waals surface area contributed by atoms with Gasteiger partial charge < -0.3 is 9.73 Å². The van der Waals surface area contributed by atoms with Gasteiger partial charge in [-0.15, -0.1) is 0 Å². The predicted molar refractivity (Wildman–Crippen MR) is 63.1 cm³/mol. The topological polar surface area (TPSA) is 28.4 Å². The van der Waals surface area contributed by atoms with Gasteiger partial charge in [0.25, 0.3) is 0 Å². The van der Waals surface area contributed by atoms with Crippen LogP contribution < -0.4 is 5.32 Å². The zero-order chi connectivity index (χ0) is 13.6. The molecule has 0 unspecified atom stereocenters. The molecule has 1 rings (SSSR count). The second kappa shape index (κ2) is 6.80. The second-order valence-electron chi connectivity index (χ2n) is 4.33. The number of hydrogen-bond acceptors (Lipinski definition) is 3. The third-order valence-corrected chi connectivity index (χ3v) is 2.32. The van der Waals surface area contributed by atoms with Crippen molar-refractivity contribution in [1.82, 2.24) is 10.2 Å². The molecule has 1 aromatic rings. The van der Waals surface area contributed by atoms with Crippen molar-refractivity contribution in [1.29, 1.82) is 0 Å². The van der Waals surface area contributed by atoms with Crippen LogP contribution in [0.25, 0.3) is 0 Å². The monoisotopic (exact) mass is 264 g/mol. The average molecular weight is 264 g/mol. The molecule has 104 valence electrons. The summed E-state index contributed by atoms with van der Waals surface area (Å²) in [6.07, 6.45) is -3.14. The van der Waals surface area contributed by atoms with Gasteiger partial charge in [-0.25, -0.2) is 0 Å². The molecular weight excluding hydrogens is 245 g/mol. The first-order valence-corrected chi connectivity index (χ1v) is 5.94. The molecule has 1 aromatic heterocycles. The number of nitrogens with zero attached hydrogens (tertiary/aromatic N) is 1. The van der Waals surface area contributed by atoms with Crippen LogP contribution in [0.1, 0.15) is 24.9 Å². The molecule has 1 heterocycles. The molecule has 0 fully saturated rings. The highest BCUT2D eigenvalue weighted by Gasteiger charge is 2.29. The molecule has 0 amide bonds. The second-order valence-corrected chi connectivity index (χ2v) is 4.33. The molecule has 1 N–H and O–H groups in total. The lowest BCUT2D eigenvalue weighted by molar-refractivity contribution is -0.144. The summed E-state index contributed by atoms with van der Waals surface area (Å²) in [6, 6.07) is 3.51.